The lowest BCUT2D eigenvalue weighted by atomic mass is 10.2. The van der Waals surface area contributed by atoms with Crippen LogP contribution in [0.3, 0.4) is 0 Å². The second-order valence-electron chi connectivity index (χ2n) is 5.30. The summed E-state index contributed by atoms with van der Waals surface area (Å²) in [5.41, 5.74) is 6.03. The van der Waals surface area contributed by atoms with Gasteiger partial charge in [-0.05, 0) is 37.0 Å². The van der Waals surface area contributed by atoms with Gasteiger partial charge in [-0.15, -0.1) is 0 Å². The molecule has 90 valence electrons. The molecule has 2 atom stereocenters. The third kappa shape index (κ3) is 2.47. The number of hydrogen-bond donors (Lipinski definition) is 1. The summed E-state index contributed by atoms with van der Waals surface area (Å²) in [6.45, 7) is 3.14. The number of nitrogens with zero attached hydrogens (tertiary/aromatic N) is 2. The molecule has 2 N–H and O–H groups in total. The minimum Gasteiger partial charge on any atom is -0.370 e. The molecule has 0 unspecified atom stereocenters. The Balaban J connectivity index is 1.44. The highest BCUT2D eigenvalue weighted by atomic mass is 32.2. The van der Waals surface area contributed by atoms with E-state index in [0.717, 1.165) is 43.3 Å². The molecule has 0 bridgehead atoms. The highest BCUT2D eigenvalue weighted by Crippen LogP contribution is 2.54. The quantitative estimate of drug-likeness (QED) is 0.598. The largest absolute Gasteiger partial charge is 0.370 e. The van der Waals surface area contributed by atoms with Crippen LogP contribution in [0, 0.1) is 17.8 Å². The van der Waals surface area contributed by atoms with Gasteiger partial charge in [-0.25, -0.2) is 0 Å². The zero-order chi connectivity index (χ0) is 11.0. The first-order chi connectivity index (χ1) is 7.84. The van der Waals surface area contributed by atoms with Crippen LogP contribution in [-0.2, 0) is 0 Å². The van der Waals surface area contributed by atoms with Gasteiger partial charge in [0.05, 0.1) is 0 Å². The molecule has 1 heterocycles. The number of thioether (sulfide) groups is 1. The van der Waals surface area contributed by atoms with E-state index < -0.39 is 0 Å². The maximum Gasteiger partial charge on any atom is 0.191 e. The van der Waals surface area contributed by atoms with Crippen LogP contribution in [0.2, 0.25) is 0 Å². The second-order valence-corrected chi connectivity index (χ2v) is 6.52. The van der Waals surface area contributed by atoms with Crippen molar-refractivity contribution in [3.05, 3.63) is 0 Å². The Morgan fingerprint density at radius 3 is 2.75 bits per heavy atom. The Labute approximate surface area is 102 Å². The standard InChI is InChI=1S/C12H21N3S/c13-12(15-3-5-16-6-4-15)14-8-10-7-11(10)9-1-2-9/h9-11H,1-8H2,(H2,13,14)/t10-,11-/m0/s1. The highest BCUT2D eigenvalue weighted by Gasteiger charge is 2.46. The Kier molecular flexibility index (Phi) is 3.01. The lowest BCUT2D eigenvalue weighted by Gasteiger charge is -2.27. The molecule has 3 rings (SSSR count). The summed E-state index contributed by atoms with van der Waals surface area (Å²) in [6, 6.07) is 0. The van der Waals surface area contributed by atoms with Gasteiger partial charge in [-0.2, -0.15) is 11.8 Å². The molecule has 16 heavy (non-hydrogen) atoms. The number of guanidine groups is 1. The van der Waals surface area contributed by atoms with E-state index in [1.54, 1.807) is 0 Å². The molecule has 3 fully saturated rings. The summed E-state index contributed by atoms with van der Waals surface area (Å²) < 4.78 is 0. The van der Waals surface area contributed by atoms with Gasteiger partial charge in [0.1, 0.15) is 0 Å². The summed E-state index contributed by atoms with van der Waals surface area (Å²) >= 11 is 2.01. The Bertz CT molecular complexity index is 282. The van der Waals surface area contributed by atoms with Crippen LogP contribution in [0.4, 0.5) is 0 Å². The minimum absolute atomic E-state index is 0.793. The highest BCUT2D eigenvalue weighted by molar-refractivity contribution is 7.99. The van der Waals surface area contributed by atoms with Gasteiger partial charge in [0.25, 0.3) is 0 Å². The lowest BCUT2D eigenvalue weighted by molar-refractivity contribution is 0.454. The SMILES string of the molecule is NC(=NC[C@@H]1C[C@H]1C1CC1)N1CCSCC1. The van der Waals surface area contributed by atoms with Gasteiger partial charge in [0.15, 0.2) is 5.96 Å². The predicted molar refractivity (Wildman–Crippen MR) is 69.7 cm³/mol. The smallest absolute Gasteiger partial charge is 0.191 e. The number of hydrogen-bond acceptors (Lipinski definition) is 2. The number of aliphatic imine (C=N–C) groups is 1. The van der Waals surface area contributed by atoms with E-state index in [-0.39, 0.29) is 0 Å². The molecule has 0 radical (unpaired) electrons. The predicted octanol–water partition coefficient (Wildman–Crippen LogP) is 1.40. The average Bonchev–Trinajstić information content (AvgIpc) is 3.17. The van der Waals surface area contributed by atoms with Crippen LogP contribution in [-0.4, -0.2) is 42.0 Å². The Hall–Kier alpha value is -0.380. The molecule has 4 heteroatoms. The van der Waals surface area contributed by atoms with Gasteiger partial charge >= 0.3 is 0 Å². The fraction of sp³-hybridized carbons (Fsp3) is 0.917. The van der Waals surface area contributed by atoms with Gasteiger partial charge in [-0.1, -0.05) is 0 Å². The zero-order valence-electron chi connectivity index (χ0n) is 9.77. The molecule has 2 aliphatic carbocycles. The van der Waals surface area contributed by atoms with Crippen LogP contribution in [0.15, 0.2) is 4.99 Å². The van der Waals surface area contributed by atoms with E-state index in [0.29, 0.717) is 0 Å². The molecule has 0 spiro atoms. The average molecular weight is 239 g/mol. The number of rotatable bonds is 3. The van der Waals surface area contributed by atoms with Crippen molar-refractivity contribution in [1.82, 2.24) is 4.90 Å². The maximum atomic E-state index is 6.03. The summed E-state index contributed by atoms with van der Waals surface area (Å²) in [7, 11) is 0. The molecule has 3 aliphatic rings. The van der Waals surface area contributed by atoms with Gasteiger partial charge in [0.2, 0.25) is 0 Å². The van der Waals surface area contributed by atoms with E-state index in [1.807, 2.05) is 11.8 Å². The van der Waals surface area contributed by atoms with Crippen molar-refractivity contribution in [2.24, 2.45) is 28.5 Å². The minimum atomic E-state index is 0.793. The molecular formula is C12H21N3S. The third-order valence-corrected chi connectivity index (χ3v) is 4.97. The second kappa shape index (κ2) is 4.47. The van der Waals surface area contributed by atoms with E-state index in [9.17, 15) is 0 Å². The zero-order valence-corrected chi connectivity index (χ0v) is 10.6. The van der Waals surface area contributed by atoms with E-state index in [4.69, 9.17) is 5.73 Å². The maximum absolute atomic E-state index is 6.03. The molecule has 0 aromatic heterocycles. The molecule has 2 saturated carbocycles. The molecule has 0 aromatic rings. The first-order valence-corrected chi connectivity index (χ1v) is 7.62. The van der Waals surface area contributed by atoms with Crippen molar-refractivity contribution in [3.8, 4) is 0 Å². The van der Waals surface area contributed by atoms with Crippen LogP contribution in [0.25, 0.3) is 0 Å². The van der Waals surface area contributed by atoms with E-state index in [2.05, 4.69) is 9.89 Å². The summed E-state index contributed by atoms with van der Waals surface area (Å²) in [5.74, 6) is 6.13. The van der Waals surface area contributed by atoms with Crippen LogP contribution < -0.4 is 5.73 Å². The van der Waals surface area contributed by atoms with Crippen molar-refractivity contribution < 1.29 is 0 Å². The Morgan fingerprint density at radius 1 is 1.31 bits per heavy atom. The lowest BCUT2D eigenvalue weighted by Crippen LogP contribution is -2.42. The van der Waals surface area contributed by atoms with Crippen LogP contribution in [0.5, 0.6) is 0 Å². The van der Waals surface area contributed by atoms with E-state index in [1.165, 1.54) is 30.8 Å². The third-order valence-electron chi connectivity index (χ3n) is 4.03. The summed E-state index contributed by atoms with van der Waals surface area (Å²) in [4.78, 5) is 6.82. The fourth-order valence-electron chi connectivity index (χ4n) is 2.69. The van der Waals surface area contributed by atoms with Gasteiger partial charge in [0, 0.05) is 31.1 Å². The van der Waals surface area contributed by atoms with E-state index >= 15 is 0 Å². The van der Waals surface area contributed by atoms with Crippen molar-refractivity contribution in [1.29, 1.82) is 0 Å². The summed E-state index contributed by atoms with van der Waals surface area (Å²) in [6.07, 6.45) is 4.37. The fourth-order valence-corrected chi connectivity index (χ4v) is 3.59. The molecule has 3 nitrogen and oxygen atoms in total. The normalized spacial score (nSPS) is 35.2. The van der Waals surface area contributed by atoms with Crippen molar-refractivity contribution in [2.45, 2.75) is 19.3 Å². The number of nitrogens with two attached hydrogens (primary N) is 1. The van der Waals surface area contributed by atoms with Crippen molar-refractivity contribution in [2.75, 3.05) is 31.1 Å². The monoisotopic (exact) mass is 239 g/mol. The van der Waals surface area contributed by atoms with Gasteiger partial charge < -0.3 is 10.6 Å². The molecule has 0 amide bonds. The van der Waals surface area contributed by atoms with Crippen molar-refractivity contribution >= 4 is 17.7 Å². The van der Waals surface area contributed by atoms with Gasteiger partial charge in [-0.3, -0.25) is 4.99 Å². The first-order valence-electron chi connectivity index (χ1n) is 6.47. The molecule has 1 saturated heterocycles. The van der Waals surface area contributed by atoms with Crippen molar-refractivity contribution in [3.63, 3.8) is 0 Å². The summed E-state index contributed by atoms with van der Waals surface area (Å²) in [5, 5.41) is 0. The van der Waals surface area contributed by atoms with Crippen LogP contribution >= 0.6 is 11.8 Å². The topological polar surface area (TPSA) is 41.6 Å². The Morgan fingerprint density at radius 2 is 2.06 bits per heavy atom. The molecule has 0 aromatic carbocycles. The first kappa shape index (κ1) is 10.8. The van der Waals surface area contributed by atoms with Crippen LogP contribution in [0.1, 0.15) is 19.3 Å². The molecular weight excluding hydrogens is 218 g/mol. The molecule has 1 aliphatic heterocycles.